The molecule has 57 heavy (non-hydrogen) atoms. The number of aromatic nitrogens is 4. The fourth-order valence-corrected chi connectivity index (χ4v) is 8.34. The van der Waals surface area contributed by atoms with E-state index >= 15 is 0 Å². The van der Waals surface area contributed by atoms with Gasteiger partial charge in [-0.25, -0.2) is 15.0 Å². The van der Waals surface area contributed by atoms with Crippen LogP contribution in [-0.2, 0) is 0 Å². The highest BCUT2D eigenvalue weighted by atomic mass is 16.3. The number of hydrogen-bond acceptors (Lipinski definition) is 5. The van der Waals surface area contributed by atoms with E-state index in [0.717, 1.165) is 82.7 Å². The quantitative estimate of drug-likeness (QED) is 0.176. The van der Waals surface area contributed by atoms with Gasteiger partial charge in [0.15, 0.2) is 23.1 Å². The van der Waals surface area contributed by atoms with Gasteiger partial charge in [-0.2, -0.15) is 0 Å². The Balaban J connectivity index is 1.03. The van der Waals surface area contributed by atoms with Gasteiger partial charge >= 0.3 is 0 Å². The van der Waals surface area contributed by atoms with Gasteiger partial charge in [-0.15, -0.1) is 0 Å². The molecule has 0 aliphatic carbocycles. The van der Waals surface area contributed by atoms with Gasteiger partial charge in [0, 0.05) is 54.7 Å². The minimum absolute atomic E-state index is 0.559. The van der Waals surface area contributed by atoms with E-state index in [1.54, 1.807) is 0 Å². The molecule has 0 bridgehead atoms. The average molecular weight is 731 g/mol. The van der Waals surface area contributed by atoms with Gasteiger partial charge in [0.05, 0.1) is 11.0 Å². The van der Waals surface area contributed by atoms with Crippen LogP contribution >= 0.6 is 0 Å². The van der Waals surface area contributed by atoms with Crippen molar-refractivity contribution >= 4 is 65.7 Å². The minimum atomic E-state index is 0.559. The first-order valence-electron chi connectivity index (χ1n) is 19.0. The predicted octanol–water partition coefficient (Wildman–Crippen LogP) is 13.4. The largest absolute Gasteiger partial charge is 0.456 e. The fraction of sp³-hybridized carbons (Fsp3) is 0. The Bertz CT molecular complexity index is 3510. The predicted molar refractivity (Wildman–Crippen MR) is 230 cm³/mol. The van der Waals surface area contributed by atoms with Crippen LogP contribution in [0.5, 0.6) is 0 Å². The number of para-hydroxylation sites is 2. The molecule has 0 unspecified atom stereocenters. The number of fused-ring (bicyclic) bond motifs is 10. The maximum absolute atomic E-state index is 6.91. The molecule has 12 rings (SSSR count). The summed E-state index contributed by atoms with van der Waals surface area (Å²) in [5.74, 6) is 1.72. The van der Waals surface area contributed by atoms with Gasteiger partial charge in [-0.3, -0.25) is 0 Å². The van der Waals surface area contributed by atoms with Gasteiger partial charge in [0.25, 0.3) is 0 Å². The van der Waals surface area contributed by atoms with Gasteiger partial charge in [0.1, 0.15) is 16.7 Å². The second-order valence-electron chi connectivity index (χ2n) is 14.4. The summed E-state index contributed by atoms with van der Waals surface area (Å²) >= 11 is 0. The monoisotopic (exact) mass is 730 g/mol. The number of hydrogen-bond donors (Lipinski definition) is 0. The van der Waals surface area contributed by atoms with Gasteiger partial charge in [-0.05, 0) is 65.7 Å². The zero-order valence-electron chi connectivity index (χ0n) is 30.4. The SMILES string of the molecule is c1ccc(-c2ccc(-n3c4ccccc4c4ccc5c6ccc(-c7nc(-c8ccccc8)nc(-c8ccc9c(c8)oc8ccccc89)n7)cc6oc5c43)cc2)cc1. The summed E-state index contributed by atoms with van der Waals surface area (Å²) in [6, 6.07) is 62.8. The molecule has 6 nitrogen and oxygen atoms in total. The molecule has 0 atom stereocenters. The van der Waals surface area contributed by atoms with Crippen LogP contribution in [0.4, 0.5) is 0 Å². The number of benzene rings is 8. The molecule has 0 radical (unpaired) electrons. The van der Waals surface area contributed by atoms with E-state index in [0.29, 0.717) is 17.5 Å². The number of furan rings is 2. The van der Waals surface area contributed by atoms with Crippen molar-refractivity contribution in [3.63, 3.8) is 0 Å². The summed E-state index contributed by atoms with van der Waals surface area (Å²) in [6.45, 7) is 0. The Labute approximate surface area is 325 Å². The summed E-state index contributed by atoms with van der Waals surface area (Å²) < 4.78 is 15.5. The number of rotatable bonds is 5. The summed E-state index contributed by atoms with van der Waals surface area (Å²) in [6.07, 6.45) is 0. The Morgan fingerprint density at radius 2 is 0.825 bits per heavy atom. The van der Waals surface area contributed by atoms with E-state index in [-0.39, 0.29) is 0 Å². The lowest BCUT2D eigenvalue weighted by Gasteiger charge is -2.09. The number of nitrogens with zero attached hydrogens (tertiary/aromatic N) is 4. The molecule has 0 fully saturated rings. The van der Waals surface area contributed by atoms with E-state index in [2.05, 4.69) is 126 Å². The summed E-state index contributed by atoms with van der Waals surface area (Å²) in [7, 11) is 0. The molecule has 12 aromatic rings. The molecule has 0 amide bonds. The second kappa shape index (κ2) is 12.3. The van der Waals surface area contributed by atoms with Crippen molar-refractivity contribution in [2.75, 3.05) is 0 Å². The Kier molecular flexibility index (Phi) is 6.83. The van der Waals surface area contributed by atoms with Crippen LogP contribution < -0.4 is 0 Å². The molecule has 0 saturated carbocycles. The van der Waals surface area contributed by atoms with Crippen molar-refractivity contribution in [1.29, 1.82) is 0 Å². The van der Waals surface area contributed by atoms with Crippen molar-refractivity contribution < 1.29 is 8.83 Å². The van der Waals surface area contributed by atoms with Crippen LogP contribution in [0.25, 0.3) is 117 Å². The average Bonchev–Trinajstić information content (AvgIpc) is 3.96. The van der Waals surface area contributed by atoms with Crippen LogP contribution in [0, 0.1) is 0 Å². The summed E-state index contributed by atoms with van der Waals surface area (Å²) in [4.78, 5) is 15.1. The first-order valence-corrected chi connectivity index (χ1v) is 19.0. The molecular formula is C51H30N4O2. The Morgan fingerprint density at radius 3 is 1.54 bits per heavy atom. The zero-order chi connectivity index (χ0) is 37.5. The third-order valence-corrected chi connectivity index (χ3v) is 11.1. The van der Waals surface area contributed by atoms with Gasteiger partial charge < -0.3 is 13.4 Å². The molecule has 0 saturated heterocycles. The van der Waals surface area contributed by atoms with E-state index < -0.39 is 0 Å². The fourth-order valence-electron chi connectivity index (χ4n) is 8.34. The maximum Gasteiger partial charge on any atom is 0.164 e. The third kappa shape index (κ3) is 5.01. The Morgan fingerprint density at radius 1 is 0.333 bits per heavy atom. The lowest BCUT2D eigenvalue weighted by Crippen LogP contribution is -2.00. The van der Waals surface area contributed by atoms with Crippen LogP contribution in [0.3, 0.4) is 0 Å². The van der Waals surface area contributed by atoms with Crippen molar-refractivity contribution in [3.8, 4) is 51.0 Å². The van der Waals surface area contributed by atoms with Crippen molar-refractivity contribution in [3.05, 3.63) is 182 Å². The standard InChI is InChI=1S/C51H30N4O2/c1-3-11-31(12-4-1)32-19-23-36(24-20-32)55-43-17-9-7-15-37(43)41-27-28-42-40-26-22-35(30-46(40)57-48(42)47(41)55)51-53-49(33-13-5-2-6-14-33)52-50(54-51)34-21-25-39-38-16-8-10-18-44(38)56-45(39)29-34/h1-30H. The van der Waals surface area contributed by atoms with E-state index in [1.165, 1.54) is 16.5 Å². The molecule has 4 heterocycles. The highest BCUT2D eigenvalue weighted by Gasteiger charge is 2.21. The highest BCUT2D eigenvalue weighted by Crippen LogP contribution is 2.41. The molecule has 0 aliphatic heterocycles. The molecule has 0 spiro atoms. The molecule has 6 heteroatoms. The molecule has 4 aromatic heterocycles. The third-order valence-electron chi connectivity index (χ3n) is 11.1. The van der Waals surface area contributed by atoms with Crippen molar-refractivity contribution in [1.82, 2.24) is 19.5 Å². The van der Waals surface area contributed by atoms with Crippen molar-refractivity contribution in [2.24, 2.45) is 0 Å². The highest BCUT2D eigenvalue weighted by molar-refractivity contribution is 6.21. The first-order chi connectivity index (χ1) is 28.2. The minimum Gasteiger partial charge on any atom is -0.456 e. The topological polar surface area (TPSA) is 69.9 Å². The molecule has 0 aliphatic rings. The summed E-state index contributed by atoms with van der Waals surface area (Å²) in [5.41, 5.74) is 11.4. The molecule has 8 aromatic carbocycles. The van der Waals surface area contributed by atoms with Crippen molar-refractivity contribution in [2.45, 2.75) is 0 Å². The van der Waals surface area contributed by atoms with Crippen LogP contribution in [0.2, 0.25) is 0 Å². The smallest absolute Gasteiger partial charge is 0.164 e. The van der Waals surface area contributed by atoms with Crippen LogP contribution in [-0.4, -0.2) is 19.5 Å². The van der Waals surface area contributed by atoms with Gasteiger partial charge in [0.2, 0.25) is 0 Å². The summed E-state index contributed by atoms with van der Waals surface area (Å²) in [5, 5.41) is 6.53. The van der Waals surface area contributed by atoms with E-state index in [1.807, 2.05) is 60.7 Å². The molecular weight excluding hydrogens is 701 g/mol. The van der Waals surface area contributed by atoms with E-state index in [4.69, 9.17) is 23.8 Å². The zero-order valence-corrected chi connectivity index (χ0v) is 30.4. The molecule has 0 N–H and O–H groups in total. The van der Waals surface area contributed by atoms with E-state index in [9.17, 15) is 0 Å². The second-order valence-corrected chi connectivity index (χ2v) is 14.4. The van der Waals surface area contributed by atoms with Crippen LogP contribution in [0.1, 0.15) is 0 Å². The van der Waals surface area contributed by atoms with Crippen LogP contribution in [0.15, 0.2) is 191 Å². The lowest BCUT2D eigenvalue weighted by molar-refractivity contribution is 0.669. The maximum atomic E-state index is 6.91. The lowest BCUT2D eigenvalue weighted by atomic mass is 10.1. The first kappa shape index (κ1) is 31.5. The molecule has 266 valence electrons. The normalized spacial score (nSPS) is 11.9. The Hall–Kier alpha value is -7.83. The van der Waals surface area contributed by atoms with Gasteiger partial charge in [-0.1, -0.05) is 127 Å².